The van der Waals surface area contributed by atoms with Crippen LogP contribution in [0.3, 0.4) is 0 Å². The van der Waals surface area contributed by atoms with Gasteiger partial charge in [0.05, 0.1) is 16.2 Å². The predicted molar refractivity (Wildman–Crippen MR) is 107 cm³/mol. The van der Waals surface area contributed by atoms with E-state index in [1.54, 1.807) is 18.2 Å². The number of Topliss-reactive ketones (excluding diaryl/α,β-unsaturated/α-hetero) is 1. The Morgan fingerprint density at radius 3 is 2.32 bits per heavy atom. The van der Waals surface area contributed by atoms with Gasteiger partial charge in [0, 0.05) is 25.1 Å². The average Bonchev–Trinajstić information content (AvgIpc) is 2.73. The van der Waals surface area contributed by atoms with Crippen molar-refractivity contribution in [2.24, 2.45) is 0 Å². The second-order valence-corrected chi connectivity index (χ2v) is 8.08. The lowest BCUT2D eigenvalue weighted by atomic mass is 9.83. The van der Waals surface area contributed by atoms with E-state index in [-0.39, 0.29) is 37.1 Å². The highest BCUT2D eigenvalue weighted by Crippen LogP contribution is 2.40. The summed E-state index contributed by atoms with van der Waals surface area (Å²) in [5.74, 6) is -0.586. The first-order chi connectivity index (χ1) is 14.5. The van der Waals surface area contributed by atoms with Gasteiger partial charge in [0.2, 0.25) is 0 Å². The van der Waals surface area contributed by atoms with E-state index in [2.05, 4.69) is 0 Å². The molecule has 1 aliphatic rings. The first-order valence-corrected chi connectivity index (χ1v) is 10.1. The van der Waals surface area contributed by atoms with Crippen LogP contribution in [0.15, 0.2) is 48.5 Å². The van der Waals surface area contributed by atoms with Gasteiger partial charge in [-0.2, -0.15) is 13.2 Å². The van der Waals surface area contributed by atoms with E-state index in [9.17, 15) is 32.6 Å². The molecular weight excluding hydrogens is 438 g/mol. The highest BCUT2D eigenvalue weighted by Gasteiger charge is 2.40. The number of alkyl halides is 4. The van der Waals surface area contributed by atoms with Crippen LogP contribution in [0.1, 0.15) is 40.7 Å². The van der Waals surface area contributed by atoms with E-state index in [0.717, 1.165) is 12.1 Å². The van der Waals surface area contributed by atoms with Crippen molar-refractivity contribution >= 4 is 17.4 Å². The van der Waals surface area contributed by atoms with Gasteiger partial charge < -0.3 is 10.2 Å². The Labute approximate surface area is 182 Å². The zero-order valence-electron chi connectivity index (χ0n) is 16.4. The molecule has 0 amide bonds. The Morgan fingerprint density at radius 1 is 1.13 bits per heavy atom. The number of carbonyl (C=O) groups excluding carboxylic acids is 1. The number of aliphatic hydroxyl groups excluding tert-OH is 1. The Balaban J connectivity index is 1.63. The van der Waals surface area contributed by atoms with Gasteiger partial charge in [-0.05, 0) is 30.5 Å². The number of ketones is 1. The minimum atomic E-state index is -4.66. The summed E-state index contributed by atoms with van der Waals surface area (Å²) in [4.78, 5) is 13.6. The highest BCUT2D eigenvalue weighted by molar-refractivity contribution is 6.31. The van der Waals surface area contributed by atoms with Crippen LogP contribution in [0.5, 0.6) is 0 Å². The number of piperidine rings is 1. The van der Waals surface area contributed by atoms with Crippen LogP contribution in [0.2, 0.25) is 5.02 Å². The van der Waals surface area contributed by atoms with E-state index in [1.807, 2.05) is 0 Å². The monoisotopic (exact) mass is 459 g/mol. The molecule has 0 spiro atoms. The van der Waals surface area contributed by atoms with Crippen LogP contribution >= 0.6 is 11.6 Å². The molecule has 1 saturated heterocycles. The van der Waals surface area contributed by atoms with E-state index in [1.165, 1.54) is 23.1 Å². The van der Waals surface area contributed by atoms with Gasteiger partial charge in [-0.1, -0.05) is 48.0 Å². The molecule has 1 aliphatic heterocycles. The molecule has 0 aliphatic carbocycles. The van der Waals surface area contributed by atoms with Gasteiger partial charge in [0.15, 0.2) is 12.1 Å². The third-order valence-electron chi connectivity index (χ3n) is 5.61. The molecule has 2 unspecified atom stereocenters. The Morgan fingerprint density at radius 2 is 1.74 bits per heavy atom. The molecule has 2 aromatic rings. The summed E-state index contributed by atoms with van der Waals surface area (Å²) in [6.07, 6.45) is -8.27. The largest absolute Gasteiger partial charge is 0.417 e. The standard InChI is InChI=1S/C22H22ClF4NO3/c23-17-7-6-15(12-16(17)22(25,26)27)21(31)8-10-28(11-9-21)19(24)13-18(29)20(30)14-4-2-1-3-5-14/h1-7,12,18-19,29,31H,8-11,13H2. The topological polar surface area (TPSA) is 60.8 Å². The number of hydrogen-bond donors (Lipinski definition) is 2. The lowest BCUT2D eigenvalue weighted by Gasteiger charge is -2.40. The van der Waals surface area contributed by atoms with Crippen molar-refractivity contribution in [2.45, 2.75) is 43.4 Å². The summed E-state index contributed by atoms with van der Waals surface area (Å²) in [7, 11) is 0. The minimum absolute atomic E-state index is 0.00488. The lowest BCUT2D eigenvalue weighted by Crippen LogP contribution is -2.47. The predicted octanol–water partition coefficient (Wildman–Crippen LogP) is 4.57. The fourth-order valence-corrected chi connectivity index (χ4v) is 3.95. The van der Waals surface area contributed by atoms with Gasteiger partial charge in [-0.3, -0.25) is 9.69 Å². The molecule has 2 aromatic carbocycles. The molecule has 4 nitrogen and oxygen atoms in total. The molecule has 0 bridgehead atoms. The molecule has 2 atom stereocenters. The number of benzene rings is 2. The number of carbonyl (C=O) groups is 1. The minimum Gasteiger partial charge on any atom is -0.385 e. The van der Waals surface area contributed by atoms with E-state index in [4.69, 9.17) is 11.6 Å². The van der Waals surface area contributed by atoms with Crippen LogP contribution in [-0.2, 0) is 11.8 Å². The third-order valence-corrected chi connectivity index (χ3v) is 5.94. The number of nitrogens with zero attached hydrogens (tertiary/aromatic N) is 1. The second kappa shape index (κ2) is 9.24. The normalized spacial score (nSPS) is 19.1. The summed E-state index contributed by atoms with van der Waals surface area (Å²) < 4.78 is 54.1. The van der Waals surface area contributed by atoms with Crippen LogP contribution < -0.4 is 0 Å². The molecule has 31 heavy (non-hydrogen) atoms. The first kappa shape index (κ1) is 23.7. The number of halogens is 5. The number of likely N-dealkylation sites (tertiary alicyclic amines) is 1. The molecule has 9 heteroatoms. The van der Waals surface area contributed by atoms with Gasteiger partial charge in [0.1, 0.15) is 6.10 Å². The van der Waals surface area contributed by atoms with Crippen LogP contribution in [0.4, 0.5) is 17.6 Å². The highest BCUT2D eigenvalue weighted by atomic mass is 35.5. The molecule has 0 aromatic heterocycles. The zero-order chi connectivity index (χ0) is 22.8. The molecule has 168 valence electrons. The Kier molecular flexibility index (Phi) is 7.05. The van der Waals surface area contributed by atoms with Gasteiger partial charge >= 0.3 is 6.18 Å². The number of aliphatic hydroxyl groups is 2. The number of hydrogen-bond acceptors (Lipinski definition) is 4. The zero-order valence-corrected chi connectivity index (χ0v) is 17.2. The molecule has 1 heterocycles. The van der Waals surface area contributed by atoms with Crippen molar-refractivity contribution in [3.63, 3.8) is 0 Å². The van der Waals surface area contributed by atoms with E-state index >= 15 is 0 Å². The molecule has 3 rings (SSSR count). The first-order valence-electron chi connectivity index (χ1n) is 9.76. The SMILES string of the molecule is O=C(c1ccccc1)C(O)CC(F)N1CCC(O)(c2ccc(Cl)c(C(F)(F)F)c2)CC1. The third kappa shape index (κ3) is 5.44. The Hall–Kier alpha value is -2.00. The van der Waals surface area contributed by atoms with Crippen molar-refractivity contribution in [3.8, 4) is 0 Å². The second-order valence-electron chi connectivity index (χ2n) is 7.68. The van der Waals surface area contributed by atoms with Crippen LogP contribution in [0, 0.1) is 0 Å². The molecule has 2 N–H and O–H groups in total. The summed E-state index contributed by atoms with van der Waals surface area (Å²) >= 11 is 5.64. The van der Waals surface area contributed by atoms with Crippen LogP contribution in [0.25, 0.3) is 0 Å². The van der Waals surface area contributed by atoms with E-state index < -0.39 is 47.0 Å². The Bertz CT molecular complexity index is 915. The van der Waals surface area contributed by atoms with Gasteiger partial charge in [0.25, 0.3) is 0 Å². The van der Waals surface area contributed by atoms with Gasteiger partial charge in [-0.15, -0.1) is 0 Å². The van der Waals surface area contributed by atoms with Crippen molar-refractivity contribution < 1.29 is 32.6 Å². The summed E-state index contributed by atoms with van der Waals surface area (Å²) in [5.41, 5.74) is -2.25. The van der Waals surface area contributed by atoms with Gasteiger partial charge in [-0.25, -0.2) is 4.39 Å². The maximum Gasteiger partial charge on any atom is 0.417 e. The van der Waals surface area contributed by atoms with Crippen molar-refractivity contribution in [3.05, 3.63) is 70.2 Å². The fraction of sp³-hybridized carbons (Fsp3) is 0.409. The summed E-state index contributed by atoms with van der Waals surface area (Å²) in [6.45, 7) is 0.0990. The molecular formula is C22H22ClF4NO3. The quantitative estimate of drug-likeness (QED) is 0.377. The maximum atomic E-state index is 14.7. The molecule has 0 saturated carbocycles. The number of rotatable bonds is 6. The van der Waals surface area contributed by atoms with Crippen molar-refractivity contribution in [1.29, 1.82) is 0 Å². The average molecular weight is 460 g/mol. The molecule has 1 fully saturated rings. The van der Waals surface area contributed by atoms with Crippen molar-refractivity contribution in [1.82, 2.24) is 4.90 Å². The summed E-state index contributed by atoms with van der Waals surface area (Å²) in [5, 5.41) is 20.5. The lowest BCUT2D eigenvalue weighted by molar-refractivity contribution is -0.137. The van der Waals surface area contributed by atoms with Crippen molar-refractivity contribution in [2.75, 3.05) is 13.1 Å². The molecule has 0 radical (unpaired) electrons. The van der Waals surface area contributed by atoms with Crippen LogP contribution in [-0.4, -0.2) is 46.4 Å². The summed E-state index contributed by atoms with van der Waals surface area (Å²) in [6, 6.07) is 11.3. The smallest absolute Gasteiger partial charge is 0.385 e. The maximum absolute atomic E-state index is 14.7. The van der Waals surface area contributed by atoms with E-state index in [0.29, 0.717) is 0 Å². The fourth-order valence-electron chi connectivity index (χ4n) is 3.73.